The molecule has 0 unspecified atom stereocenters. The van der Waals surface area contributed by atoms with Crippen LogP contribution in [0.15, 0.2) is 0 Å². The monoisotopic (exact) mass is 730 g/mol. The number of nitriles is 1. The molecule has 0 N–H and O–H groups in total. The Bertz CT molecular complexity index is 796. The van der Waals surface area contributed by atoms with Gasteiger partial charge in [0.25, 0.3) is 0 Å². The average Bonchev–Trinajstić information content (AvgIpc) is 3.86. The van der Waals surface area contributed by atoms with E-state index in [1.807, 2.05) is 0 Å². The maximum atomic E-state index is 8.91. The Morgan fingerprint density at radius 1 is 0.549 bits per heavy atom. The van der Waals surface area contributed by atoms with Crippen molar-refractivity contribution in [2.75, 3.05) is 0 Å². The third-order valence-electron chi connectivity index (χ3n) is 13.1. The summed E-state index contributed by atoms with van der Waals surface area (Å²) >= 11 is 0. The summed E-state index contributed by atoms with van der Waals surface area (Å²) in [5.74, 6) is 1.86. The van der Waals surface area contributed by atoms with Crippen LogP contribution >= 0.6 is 0 Å². The summed E-state index contributed by atoms with van der Waals surface area (Å²) < 4.78 is 7.12. The summed E-state index contributed by atoms with van der Waals surface area (Å²) in [7, 11) is -1.75. The number of hydrogen-bond acceptors (Lipinski definition) is 2. The number of rotatable bonds is 38. The second kappa shape index (κ2) is 32.0. The minimum atomic E-state index is -1.75. The molecule has 4 atom stereocenters. The molecule has 1 saturated carbocycles. The first-order chi connectivity index (χ1) is 24.6. The van der Waals surface area contributed by atoms with Crippen molar-refractivity contribution < 1.29 is 4.43 Å². The van der Waals surface area contributed by atoms with Gasteiger partial charge in [-0.3, -0.25) is 0 Å². The van der Waals surface area contributed by atoms with Gasteiger partial charge in [0.2, 0.25) is 0 Å². The van der Waals surface area contributed by atoms with Crippen molar-refractivity contribution in [3.63, 3.8) is 0 Å². The van der Waals surface area contributed by atoms with Gasteiger partial charge in [0, 0.05) is 12.0 Å². The molecule has 0 spiro atoms. The Kier molecular flexibility index (Phi) is 30.5. The fraction of sp³-hybridized carbons (Fsp3) is 0.979. The van der Waals surface area contributed by atoms with Crippen molar-refractivity contribution in [2.45, 2.75) is 284 Å². The molecule has 0 radical (unpaired) electrons. The van der Waals surface area contributed by atoms with E-state index in [0.29, 0.717) is 23.0 Å². The number of hydrogen-bond donors (Lipinski definition) is 0. The van der Waals surface area contributed by atoms with Crippen molar-refractivity contribution >= 4 is 8.32 Å². The van der Waals surface area contributed by atoms with E-state index in [-0.39, 0.29) is 0 Å². The molecule has 3 heteroatoms. The molecule has 2 nitrogen and oxygen atoms in total. The van der Waals surface area contributed by atoms with Crippen LogP contribution in [0.3, 0.4) is 0 Å². The normalized spacial score (nSPS) is 17.5. The molecule has 51 heavy (non-hydrogen) atoms. The van der Waals surface area contributed by atoms with E-state index in [1.165, 1.54) is 225 Å². The quantitative estimate of drug-likeness (QED) is 0.0468. The fourth-order valence-corrected chi connectivity index (χ4v) is 9.45. The van der Waals surface area contributed by atoms with Crippen LogP contribution in [-0.2, 0) is 4.43 Å². The van der Waals surface area contributed by atoms with E-state index in [4.69, 9.17) is 9.69 Å². The number of unbranched alkanes of at least 4 members (excludes halogenated alkanes) is 29. The Morgan fingerprint density at radius 3 is 1.22 bits per heavy atom. The van der Waals surface area contributed by atoms with Crippen molar-refractivity contribution in [3.05, 3.63) is 0 Å². The zero-order valence-corrected chi connectivity index (χ0v) is 37.4. The predicted octanol–water partition coefficient (Wildman–Crippen LogP) is 17.5. The summed E-state index contributed by atoms with van der Waals surface area (Å²) in [4.78, 5) is 0. The maximum Gasteiger partial charge on any atom is 0.192 e. The van der Waals surface area contributed by atoms with Crippen LogP contribution in [0.4, 0.5) is 0 Å². The molecule has 1 aliphatic rings. The van der Waals surface area contributed by atoms with E-state index in [2.05, 4.69) is 53.8 Å². The van der Waals surface area contributed by atoms with E-state index in [9.17, 15) is 0 Å². The topological polar surface area (TPSA) is 33.0 Å². The lowest BCUT2D eigenvalue weighted by Gasteiger charge is -2.41. The first kappa shape index (κ1) is 48.7. The minimum absolute atomic E-state index is 0.290. The van der Waals surface area contributed by atoms with Crippen LogP contribution in [0.2, 0.25) is 18.1 Å². The van der Waals surface area contributed by atoms with E-state index < -0.39 is 8.32 Å². The first-order valence-electron chi connectivity index (χ1n) is 23.7. The highest BCUT2D eigenvalue weighted by Gasteiger charge is 2.40. The van der Waals surface area contributed by atoms with Gasteiger partial charge in [0.1, 0.15) is 0 Å². The highest BCUT2D eigenvalue weighted by atomic mass is 28.4. The molecule has 0 amide bonds. The van der Waals surface area contributed by atoms with E-state index >= 15 is 0 Å². The van der Waals surface area contributed by atoms with Crippen molar-refractivity contribution in [1.29, 1.82) is 5.26 Å². The van der Waals surface area contributed by atoms with Crippen molar-refractivity contribution in [1.82, 2.24) is 0 Å². The number of nitrogens with zero attached hydrogens (tertiary/aromatic N) is 1. The standard InChI is InChI=1S/C48H95NOSi/c1-8-9-10-11-12-13-14-15-16-18-21-24-27-30-33-36-39-44(2)47(50-51(6,7)48(3,4)5)41-38-35-32-29-26-23-20-17-19-22-25-28-31-34-37-40-45-42-46(45)43-49/h44-47H,8-42H2,1-7H3/t44-,45+,46+,47-/m1/s1. The van der Waals surface area contributed by atoms with Crippen LogP contribution in [0, 0.1) is 29.1 Å². The lowest BCUT2D eigenvalue weighted by Crippen LogP contribution is -2.45. The third kappa shape index (κ3) is 27.8. The summed E-state index contributed by atoms with van der Waals surface area (Å²) in [6.45, 7) is 17.0. The van der Waals surface area contributed by atoms with Crippen LogP contribution in [0.1, 0.15) is 259 Å². The van der Waals surface area contributed by atoms with Gasteiger partial charge < -0.3 is 4.43 Å². The highest BCUT2D eigenvalue weighted by Crippen LogP contribution is 2.42. The Hall–Kier alpha value is -0.333. The molecule has 0 aromatic heterocycles. The van der Waals surface area contributed by atoms with Gasteiger partial charge in [-0.1, -0.05) is 234 Å². The molecule has 0 saturated heterocycles. The van der Waals surface area contributed by atoms with E-state index in [0.717, 1.165) is 5.92 Å². The predicted molar refractivity (Wildman–Crippen MR) is 231 cm³/mol. The smallest absolute Gasteiger partial charge is 0.192 e. The van der Waals surface area contributed by atoms with Crippen LogP contribution in [0.5, 0.6) is 0 Å². The third-order valence-corrected chi connectivity index (χ3v) is 17.6. The van der Waals surface area contributed by atoms with Gasteiger partial charge >= 0.3 is 0 Å². The highest BCUT2D eigenvalue weighted by molar-refractivity contribution is 6.74. The zero-order chi connectivity index (χ0) is 37.5. The molecule has 0 aliphatic heterocycles. The average molecular weight is 730 g/mol. The van der Waals surface area contributed by atoms with Gasteiger partial charge in [-0.2, -0.15) is 5.26 Å². The summed E-state index contributed by atoms with van der Waals surface area (Å²) in [5, 5.41) is 9.20. The van der Waals surface area contributed by atoms with Gasteiger partial charge in [0.05, 0.1) is 6.07 Å². The summed E-state index contributed by atoms with van der Waals surface area (Å²) in [6.07, 6.45) is 50.0. The van der Waals surface area contributed by atoms with Crippen LogP contribution < -0.4 is 0 Å². The first-order valence-corrected chi connectivity index (χ1v) is 26.6. The second-order valence-electron chi connectivity index (χ2n) is 19.1. The molecule has 1 aliphatic carbocycles. The molecule has 0 heterocycles. The molecule has 0 aromatic rings. The minimum Gasteiger partial charge on any atom is -0.414 e. The molecular weight excluding hydrogens is 635 g/mol. The van der Waals surface area contributed by atoms with Crippen LogP contribution in [-0.4, -0.2) is 14.4 Å². The largest absolute Gasteiger partial charge is 0.414 e. The van der Waals surface area contributed by atoms with Gasteiger partial charge in [-0.15, -0.1) is 0 Å². The molecular formula is C48H95NOSi. The van der Waals surface area contributed by atoms with Gasteiger partial charge in [0.15, 0.2) is 8.32 Å². The Labute approximate surface area is 324 Å². The molecule has 1 fully saturated rings. The maximum absolute atomic E-state index is 8.91. The summed E-state index contributed by atoms with van der Waals surface area (Å²) in [6, 6.07) is 2.43. The van der Waals surface area contributed by atoms with Crippen molar-refractivity contribution in [3.8, 4) is 6.07 Å². The SMILES string of the molecule is CCCCCCCCCCCCCCCCCC[C@@H](C)[C@@H](CCCCCCCCCCCCCCCCC[C@H]1C[C@H]1C#N)O[Si](C)(C)C(C)(C)C. The summed E-state index contributed by atoms with van der Waals surface area (Å²) in [5.41, 5.74) is 0. The molecule has 1 rings (SSSR count). The lowest BCUT2D eigenvalue weighted by molar-refractivity contribution is 0.107. The Morgan fingerprint density at radius 2 is 0.882 bits per heavy atom. The zero-order valence-electron chi connectivity index (χ0n) is 36.4. The van der Waals surface area contributed by atoms with Crippen LogP contribution in [0.25, 0.3) is 0 Å². The lowest BCUT2D eigenvalue weighted by atomic mass is 9.93. The molecule has 0 bridgehead atoms. The fourth-order valence-electron chi connectivity index (χ4n) is 7.99. The van der Waals surface area contributed by atoms with Gasteiger partial charge in [-0.25, -0.2) is 0 Å². The van der Waals surface area contributed by atoms with E-state index in [1.54, 1.807) is 0 Å². The van der Waals surface area contributed by atoms with Crippen molar-refractivity contribution in [2.24, 2.45) is 17.8 Å². The molecule has 0 aromatic carbocycles. The Balaban J connectivity index is 2.05. The van der Waals surface area contributed by atoms with Gasteiger partial charge in [-0.05, 0) is 55.7 Å². The molecule has 302 valence electrons. The second-order valence-corrected chi connectivity index (χ2v) is 23.9.